The summed E-state index contributed by atoms with van der Waals surface area (Å²) >= 11 is 0. The lowest BCUT2D eigenvalue weighted by atomic mass is 10.1. The van der Waals surface area contributed by atoms with Gasteiger partial charge in [-0.05, 0) is 154 Å². The van der Waals surface area contributed by atoms with Crippen molar-refractivity contribution < 1.29 is 80.2 Å². The lowest BCUT2D eigenvalue weighted by Crippen LogP contribution is -2.30. The molecule has 5 unspecified atom stereocenters. The normalized spacial score (nSPS) is 14.7. The number of allylic oxidation sites excluding steroid dienone is 22. The molecule has 0 radical (unpaired) electrons. The highest BCUT2D eigenvalue weighted by Crippen LogP contribution is 2.45. The number of phosphoric acid groups is 2. The number of aliphatic hydroxyl groups excluding tert-OH is 1. The van der Waals surface area contributed by atoms with Crippen LogP contribution in [-0.4, -0.2) is 96.7 Å². The summed E-state index contributed by atoms with van der Waals surface area (Å²) < 4.78 is 68.4. The molecule has 5 atom stereocenters. The van der Waals surface area contributed by atoms with Crippen LogP contribution in [0, 0.1) is 0 Å². The van der Waals surface area contributed by atoms with Crippen molar-refractivity contribution in [1.82, 2.24) is 0 Å². The number of esters is 4. The van der Waals surface area contributed by atoms with Gasteiger partial charge in [0.2, 0.25) is 0 Å². The summed E-state index contributed by atoms with van der Waals surface area (Å²) in [6, 6.07) is 0. The first kappa shape index (κ1) is 95.2. The smallest absolute Gasteiger partial charge is 0.462 e. The Kier molecular flexibility index (Phi) is 69.1. The maximum absolute atomic E-state index is 13.1. The van der Waals surface area contributed by atoms with Crippen molar-refractivity contribution in [2.24, 2.45) is 0 Å². The second kappa shape index (κ2) is 72.5. The van der Waals surface area contributed by atoms with E-state index >= 15 is 0 Å². The molecule has 0 aliphatic heterocycles. The minimum atomic E-state index is -4.99. The van der Waals surface area contributed by atoms with Gasteiger partial charge in [0.15, 0.2) is 12.2 Å². The summed E-state index contributed by atoms with van der Waals surface area (Å²) in [6.45, 7) is 4.52. The van der Waals surface area contributed by atoms with Crippen molar-refractivity contribution in [1.29, 1.82) is 0 Å². The van der Waals surface area contributed by atoms with Crippen molar-refractivity contribution in [3.63, 3.8) is 0 Å². The molecule has 0 saturated heterocycles. The van der Waals surface area contributed by atoms with Crippen molar-refractivity contribution in [3.05, 3.63) is 134 Å². The fourth-order valence-electron chi connectivity index (χ4n) is 9.71. The third-order valence-corrected chi connectivity index (χ3v) is 17.5. The standard InChI is InChI=1S/C81H136O17P2/c1-5-9-13-17-21-25-29-33-36-37-40-43-46-50-54-58-62-66-79(84)92-71-76(97-80(85)67-63-59-55-51-47-41-32-28-24-20-16-12-8-4)73-95-99(87,88)93-69-75(82)70-94-100(89,90)96-74-77(98-81(86)68-64-60-56-52-48-44-39-35-31-27-23-19-15-11-7-3)72-91-78(83)65-61-57-53-49-45-42-38-34-30-26-22-18-14-10-6-2/h9,13,16,20-23,25-28,32-36,38-40,43,50,54,75-77,82H,5-8,10-12,14-15,17-19,24,29-31,37,41-42,44-49,51-53,55-74H2,1-4H3,(H,87,88)(H,89,90)/b13-9-,20-16-,25-21-,26-22-,27-23-,32-28-,36-33-,38-34-,39-35-,43-40-,54-50-. The van der Waals surface area contributed by atoms with Gasteiger partial charge in [0.1, 0.15) is 19.3 Å². The Balaban J connectivity index is 5.43. The van der Waals surface area contributed by atoms with Crippen LogP contribution in [0.15, 0.2) is 134 Å². The molecular formula is C81H136O17P2. The van der Waals surface area contributed by atoms with Crippen molar-refractivity contribution in [2.75, 3.05) is 39.6 Å². The van der Waals surface area contributed by atoms with Crippen LogP contribution in [0.5, 0.6) is 0 Å². The maximum atomic E-state index is 13.1. The van der Waals surface area contributed by atoms with Crippen LogP contribution >= 0.6 is 15.6 Å². The van der Waals surface area contributed by atoms with Crippen LogP contribution in [0.3, 0.4) is 0 Å². The van der Waals surface area contributed by atoms with E-state index in [1.54, 1.807) is 0 Å². The van der Waals surface area contributed by atoms with Gasteiger partial charge in [0, 0.05) is 25.7 Å². The van der Waals surface area contributed by atoms with Crippen molar-refractivity contribution >= 4 is 39.5 Å². The quantitative estimate of drug-likeness (QED) is 0.0169. The first-order valence-electron chi connectivity index (χ1n) is 38.4. The number of hydrogen-bond donors (Lipinski definition) is 3. The van der Waals surface area contributed by atoms with E-state index in [1.807, 2.05) is 12.2 Å². The highest BCUT2D eigenvalue weighted by Gasteiger charge is 2.30. The summed E-state index contributed by atoms with van der Waals surface area (Å²) in [5.74, 6) is -2.29. The predicted molar refractivity (Wildman–Crippen MR) is 408 cm³/mol. The van der Waals surface area contributed by atoms with E-state index in [4.69, 9.17) is 37.0 Å². The van der Waals surface area contributed by atoms with Gasteiger partial charge in [-0.25, -0.2) is 9.13 Å². The van der Waals surface area contributed by atoms with E-state index in [0.717, 1.165) is 173 Å². The molecule has 0 aliphatic rings. The largest absolute Gasteiger partial charge is 0.472 e. The molecule has 0 aliphatic carbocycles. The Morgan fingerprint density at radius 1 is 0.290 bits per heavy atom. The van der Waals surface area contributed by atoms with Crippen molar-refractivity contribution in [2.45, 2.75) is 316 Å². The maximum Gasteiger partial charge on any atom is 0.472 e. The minimum Gasteiger partial charge on any atom is -0.462 e. The van der Waals surface area contributed by atoms with Crippen LogP contribution in [0.4, 0.5) is 0 Å². The summed E-state index contributed by atoms with van der Waals surface area (Å²) in [7, 11) is -9.98. The third-order valence-electron chi connectivity index (χ3n) is 15.5. The average Bonchev–Trinajstić information content (AvgIpc) is 0.965. The number of carbonyl (C=O) groups excluding carboxylic acids is 4. The van der Waals surface area contributed by atoms with Crippen molar-refractivity contribution in [3.8, 4) is 0 Å². The minimum absolute atomic E-state index is 0.0625. The molecular weight excluding hydrogens is 1310 g/mol. The predicted octanol–water partition coefficient (Wildman–Crippen LogP) is 22.1. The van der Waals surface area contributed by atoms with E-state index < -0.39 is 97.5 Å². The van der Waals surface area contributed by atoms with E-state index in [-0.39, 0.29) is 25.7 Å². The number of ether oxygens (including phenoxy) is 4. The molecule has 19 heteroatoms. The molecule has 0 spiro atoms. The van der Waals surface area contributed by atoms with Gasteiger partial charge >= 0.3 is 39.5 Å². The Labute approximate surface area is 605 Å². The molecule has 0 bridgehead atoms. The molecule has 0 fully saturated rings. The van der Waals surface area contributed by atoms with Gasteiger partial charge in [0.05, 0.1) is 26.4 Å². The fraction of sp³-hybridized carbons (Fsp3) is 0.679. The van der Waals surface area contributed by atoms with Gasteiger partial charge in [-0.1, -0.05) is 251 Å². The van der Waals surface area contributed by atoms with Gasteiger partial charge in [0.25, 0.3) is 0 Å². The van der Waals surface area contributed by atoms with Crippen LogP contribution in [0.1, 0.15) is 297 Å². The SMILES string of the molecule is CC/C=C\C/C=C\C/C=C\C/C=C\C/C=C\CCCC(=O)OCC(COP(=O)(O)OCC(O)COP(=O)(O)OCC(COC(=O)CCCCCCC/C=C\C/C=C\CCCCC)OC(=O)CCCCCCC/C=C\C/C=C\CCCCC)OC(=O)CCCCCCC/C=C\C/C=C\CCC. The molecule has 0 rings (SSSR count). The second-order valence-corrected chi connectivity index (χ2v) is 28.1. The molecule has 0 aromatic carbocycles. The highest BCUT2D eigenvalue weighted by atomic mass is 31.2. The van der Waals surface area contributed by atoms with Gasteiger partial charge in [-0.15, -0.1) is 0 Å². The van der Waals surface area contributed by atoms with Crippen LogP contribution in [0.2, 0.25) is 0 Å². The number of rotatable bonds is 71. The van der Waals surface area contributed by atoms with E-state index in [0.29, 0.717) is 32.1 Å². The topological polar surface area (TPSA) is 237 Å². The van der Waals surface area contributed by atoms with E-state index in [1.165, 1.54) is 38.5 Å². The number of phosphoric ester groups is 2. The average molecular weight is 1440 g/mol. The van der Waals surface area contributed by atoms with Crippen LogP contribution in [0.25, 0.3) is 0 Å². The molecule has 572 valence electrons. The molecule has 100 heavy (non-hydrogen) atoms. The summed E-state index contributed by atoms with van der Waals surface area (Å²) in [5.41, 5.74) is 0. The zero-order valence-electron chi connectivity index (χ0n) is 62.3. The Morgan fingerprint density at radius 2 is 0.550 bits per heavy atom. The molecule has 0 saturated carbocycles. The monoisotopic (exact) mass is 1440 g/mol. The second-order valence-electron chi connectivity index (χ2n) is 25.2. The molecule has 3 N–H and O–H groups in total. The summed E-state index contributed by atoms with van der Waals surface area (Å²) in [4.78, 5) is 72.9. The third kappa shape index (κ3) is 71.6. The molecule has 0 aromatic heterocycles. The summed E-state index contributed by atoms with van der Waals surface area (Å²) in [5, 5.41) is 10.6. The van der Waals surface area contributed by atoms with E-state index in [9.17, 15) is 43.2 Å². The number of carbonyl (C=O) groups is 4. The zero-order chi connectivity index (χ0) is 73.2. The number of aliphatic hydroxyl groups is 1. The van der Waals surface area contributed by atoms with Gasteiger partial charge in [-0.3, -0.25) is 37.3 Å². The van der Waals surface area contributed by atoms with Gasteiger partial charge < -0.3 is 33.8 Å². The van der Waals surface area contributed by atoms with E-state index in [2.05, 4.69) is 149 Å². The fourth-order valence-corrected chi connectivity index (χ4v) is 11.3. The first-order chi connectivity index (χ1) is 48.7. The van der Waals surface area contributed by atoms with Crippen LogP contribution in [-0.2, 0) is 65.4 Å². The molecule has 0 aromatic rings. The number of unbranched alkanes of at least 4 members (excludes halogenated alkanes) is 23. The first-order valence-corrected chi connectivity index (χ1v) is 41.4. The lowest BCUT2D eigenvalue weighted by Gasteiger charge is -2.21. The zero-order valence-corrected chi connectivity index (χ0v) is 64.1. The Morgan fingerprint density at radius 3 is 0.880 bits per heavy atom. The number of hydrogen-bond acceptors (Lipinski definition) is 15. The van der Waals surface area contributed by atoms with Gasteiger partial charge in [-0.2, -0.15) is 0 Å². The molecule has 17 nitrogen and oxygen atoms in total. The van der Waals surface area contributed by atoms with Crippen LogP contribution < -0.4 is 0 Å². The Bertz CT molecular complexity index is 2420. The molecule has 0 amide bonds. The molecule has 0 heterocycles. The lowest BCUT2D eigenvalue weighted by molar-refractivity contribution is -0.161. The highest BCUT2D eigenvalue weighted by molar-refractivity contribution is 7.47. The Hall–Kier alpha value is -4.80. The summed E-state index contributed by atoms with van der Waals surface area (Å²) in [6.07, 6.45) is 80.1.